The molecule has 1 aliphatic heterocycles. The minimum atomic E-state index is 0.821. The number of benzene rings is 1. The molecule has 0 saturated carbocycles. The van der Waals surface area contributed by atoms with E-state index in [4.69, 9.17) is 0 Å². The van der Waals surface area contributed by atoms with E-state index in [-0.39, 0.29) is 0 Å². The average Bonchev–Trinajstić information content (AvgIpc) is 2.49. The zero-order valence-corrected chi connectivity index (χ0v) is 11.9. The van der Waals surface area contributed by atoms with Crippen molar-refractivity contribution in [3.05, 3.63) is 36.7 Å². The first-order valence-corrected chi connectivity index (χ1v) is 6.93. The van der Waals surface area contributed by atoms with Crippen LogP contribution in [0.25, 0.3) is 0 Å². The summed E-state index contributed by atoms with van der Waals surface area (Å²) in [6, 6.07) is 8.40. The Balaban J connectivity index is 1.99. The molecule has 3 rings (SSSR count). The number of hydrogen-bond acceptors (Lipinski definition) is 5. The van der Waals surface area contributed by atoms with E-state index >= 15 is 0 Å². The standard InChI is InChI=1S/C15H19N5/c1-3-17-14-10-16-11-15(18-14)20-9-8-19(2)12-6-4-5-7-13(12)20/h4-7,10-11H,3,8-9H2,1-2H3,(H,17,18). The molecule has 2 aromatic rings. The normalized spacial score (nSPS) is 14.1. The summed E-state index contributed by atoms with van der Waals surface area (Å²) in [5.74, 6) is 1.71. The molecule has 1 aromatic carbocycles. The molecular formula is C15H19N5. The molecule has 0 unspecified atom stereocenters. The summed E-state index contributed by atoms with van der Waals surface area (Å²) in [6.07, 6.45) is 3.58. The van der Waals surface area contributed by atoms with Crippen LogP contribution in [0, 0.1) is 0 Å². The average molecular weight is 269 g/mol. The van der Waals surface area contributed by atoms with E-state index in [1.165, 1.54) is 11.4 Å². The van der Waals surface area contributed by atoms with Gasteiger partial charge in [0.2, 0.25) is 0 Å². The first-order chi connectivity index (χ1) is 9.79. The molecule has 20 heavy (non-hydrogen) atoms. The number of hydrogen-bond donors (Lipinski definition) is 1. The Hall–Kier alpha value is -2.30. The molecule has 0 fully saturated rings. The summed E-state index contributed by atoms with van der Waals surface area (Å²) in [7, 11) is 2.12. The molecule has 1 N–H and O–H groups in total. The second kappa shape index (κ2) is 5.36. The molecule has 5 nitrogen and oxygen atoms in total. The van der Waals surface area contributed by atoms with Gasteiger partial charge in [0.1, 0.15) is 5.82 Å². The molecule has 0 atom stereocenters. The molecule has 0 aliphatic carbocycles. The number of aromatic nitrogens is 2. The summed E-state index contributed by atoms with van der Waals surface area (Å²) in [5.41, 5.74) is 2.42. The highest BCUT2D eigenvalue weighted by atomic mass is 15.3. The Labute approximate surface area is 119 Å². The number of para-hydroxylation sites is 2. The largest absolute Gasteiger partial charge is 0.371 e. The van der Waals surface area contributed by atoms with E-state index < -0.39 is 0 Å². The maximum absolute atomic E-state index is 4.64. The maximum Gasteiger partial charge on any atom is 0.154 e. The molecule has 0 spiro atoms. The molecule has 0 bridgehead atoms. The third-order valence-corrected chi connectivity index (χ3v) is 3.50. The topological polar surface area (TPSA) is 44.3 Å². The Morgan fingerprint density at radius 1 is 1.15 bits per heavy atom. The molecule has 1 aliphatic rings. The SMILES string of the molecule is CCNc1cncc(N2CCN(C)c3ccccc32)n1. The molecule has 0 radical (unpaired) electrons. The Kier molecular flexibility index (Phi) is 3.41. The van der Waals surface area contributed by atoms with Gasteiger partial charge in [-0.15, -0.1) is 0 Å². The molecule has 0 amide bonds. The Bertz CT molecular complexity index is 598. The third-order valence-electron chi connectivity index (χ3n) is 3.50. The van der Waals surface area contributed by atoms with Gasteiger partial charge in [0.15, 0.2) is 5.82 Å². The summed E-state index contributed by atoms with van der Waals surface area (Å²) in [6.45, 7) is 4.79. The number of likely N-dealkylation sites (N-methyl/N-ethyl adjacent to an activating group) is 1. The highest BCUT2D eigenvalue weighted by molar-refractivity contribution is 5.78. The van der Waals surface area contributed by atoms with Crippen LogP contribution in [0.4, 0.5) is 23.0 Å². The van der Waals surface area contributed by atoms with Crippen LogP contribution in [-0.2, 0) is 0 Å². The first-order valence-electron chi connectivity index (χ1n) is 6.93. The third kappa shape index (κ3) is 2.27. The van der Waals surface area contributed by atoms with Crippen molar-refractivity contribution in [2.24, 2.45) is 0 Å². The van der Waals surface area contributed by atoms with Crippen molar-refractivity contribution >= 4 is 23.0 Å². The first kappa shape index (κ1) is 12.7. The lowest BCUT2D eigenvalue weighted by Crippen LogP contribution is -2.36. The summed E-state index contributed by atoms with van der Waals surface area (Å²) in [4.78, 5) is 13.4. The van der Waals surface area contributed by atoms with Crippen LogP contribution in [0.15, 0.2) is 36.7 Å². The van der Waals surface area contributed by atoms with E-state index in [9.17, 15) is 0 Å². The van der Waals surface area contributed by atoms with Crippen LogP contribution in [0.3, 0.4) is 0 Å². The molecular weight excluding hydrogens is 250 g/mol. The van der Waals surface area contributed by atoms with Gasteiger partial charge < -0.3 is 15.1 Å². The van der Waals surface area contributed by atoms with Crippen LogP contribution in [0.5, 0.6) is 0 Å². The highest BCUT2D eigenvalue weighted by Gasteiger charge is 2.22. The number of rotatable bonds is 3. The molecule has 2 heterocycles. The predicted octanol–water partition coefficient (Wildman–Crippen LogP) is 2.50. The monoisotopic (exact) mass is 269 g/mol. The van der Waals surface area contributed by atoms with Gasteiger partial charge in [-0.05, 0) is 19.1 Å². The zero-order chi connectivity index (χ0) is 13.9. The number of nitrogens with zero attached hydrogens (tertiary/aromatic N) is 4. The van der Waals surface area contributed by atoms with Crippen molar-refractivity contribution in [2.75, 3.05) is 41.8 Å². The quantitative estimate of drug-likeness (QED) is 0.927. The van der Waals surface area contributed by atoms with Gasteiger partial charge in [0, 0.05) is 26.7 Å². The fourth-order valence-corrected chi connectivity index (χ4v) is 2.50. The second-order valence-corrected chi connectivity index (χ2v) is 4.85. The Morgan fingerprint density at radius 3 is 2.75 bits per heavy atom. The Morgan fingerprint density at radius 2 is 1.95 bits per heavy atom. The lowest BCUT2D eigenvalue weighted by molar-refractivity contribution is 0.811. The highest BCUT2D eigenvalue weighted by Crippen LogP contribution is 2.35. The van der Waals surface area contributed by atoms with Crippen molar-refractivity contribution in [1.82, 2.24) is 9.97 Å². The van der Waals surface area contributed by atoms with E-state index in [0.717, 1.165) is 31.3 Å². The van der Waals surface area contributed by atoms with E-state index in [1.54, 1.807) is 6.20 Å². The van der Waals surface area contributed by atoms with Crippen LogP contribution in [0.2, 0.25) is 0 Å². The van der Waals surface area contributed by atoms with Gasteiger partial charge in [0.05, 0.1) is 23.8 Å². The maximum atomic E-state index is 4.64. The number of nitrogens with one attached hydrogen (secondary N) is 1. The fourth-order valence-electron chi connectivity index (χ4n) is 2.50. The van der Waals surface area contributed by atoms with Crippen LogP contribution >= 0.6 is 0 Å². The van der Waals surface area contributed by atoms with Crippen molar-refractivity contribution in [3.8, 4) is 0 Å². The van der Waals surface area contributed by atoms with Crippen LogP contribution < -0.4 is 15.1 Å². The van der Waals surface area contributed by atoms with Crippen molar-refractivity contribution in [2.45, 2.75) is 6.92 Å². The van der Waals surface area contributed by atoms with Gasteiger partial charge in [0.25, 0.3) is 0 Å². The smallest absolute Gasteiger partial charge is 0.154 e. The van der Waals surface area contributed by atoms with Gasteiger partial charge >= 0.3 is 0 Å². The van der Waals surface area contributed by atoms with Crippen molar-refractivity contribution < 1.29 is 0 Å². The molecule has 0 saturated heterocycles. The second-order valence-electron chi connectivity index (χ2n) is 4.85. The molecule has 104 valence electrons. The van der Waals surface area contributed by atoms with Gasteiger partial charge in [-0.3, -0.25) is 4.98 Å². The van der Waals surface area contributed by atoms with Crippen LogP contribution in [-0.4, -0.2) is 36.6 Å². The minimum absolute atomic E-state index is 0.821. The van der Waals surface area contributed by atoms with E-state index in [0.29, 0.717) is 0 Å². The summed E-state index contributed by atoms with van der Waals surface area (Å²) < 4.78 is 0. The minimum Gasteiger partial charge on any atom is -0.371 e. The molecule has 1 aromatic heterocycles. The lowest BCUT2D eigenvalue weighted by atomic mass is 10.2. The van der Waals surface area contributed by atoms with Gasteiger partial charge in [-0.25, -0.2) is 4.98 Å². The van der Waals surface area contributed by atoms with Gasteiger partial charge in [-0.1, -0.05) is 12.1 Å². The predicted molar refractivity (Wildman–Crippen MR) is 82.9 cm³/mol. The van der Waals surface area contributed by atoms with E-state index in [1.807, 2.05) is 6.20 Å². The zero-order valence-electron chi connectivity index (χ0n) is 11.9. The van der Waals surface area contributed by atoms with Crippen molar-refractivity contribution in [1.29, 1.82) is 0 Å². The fraction of sp³-hybridized carbons (Fsp3) is 0.333. The number of anilines is 4. The van der Waals surface area contributed by atoms with Crippen LogP contribution in [0.1, 0.15) is 6.92 Å². The summed E-state index contributed by atoms with van der Waals surface area (Å²) >= 11 is 0. The summed E-state index contributed by atoms with van der Waals surface area (Å²) in [5, 5.41) is 3.21. The number of fused-ring (bicyclic) bond motifs is 1. The van der Waals surface area contributed by atoms with Crippen molar-refractivity contribution in [3.63, 3.8) is 0 Å². The lowest BCUT2D eigenvalue weighted by Gasteiger charge is -2.36. The van der Waals surface area contributed by atoms with E-state index in [2.05, 4.69) is 63.3 Å². The molecule has 5 heteroatoms. The van der Waals surface area contributed by atoms with Gasteiger partial charge in [-0.2, -0.15) is 0 Å².